The number of para-hydroxylation sites is 1. The third kappa shape index (κ3) is 3.92. The summed E-state index contributed by atoms with van der Waals surface area (Å²) >= 11 is 0. The van der Waals surface area contributed by atoms with E-state index in [-0.39, 0.29) is 17.6 Å². The molecular formula is C25H22N4O3. The van der Waals surface area contributed by atoms with Gasteiger partial charge in [0.1, 0.15) is 0 Å². The molecule has 0 spiro atoms. The summed E-state index contributed by atoms with van der Waals surface area (Å²) in [6.45, 7) is 0.330. The Bertz CT molecular complexity index is 1260. The van der Waals surface area contributed by atoms with Gasteiger partial charge in [-0.2, -0.15) is 5.10 Å². The van der Waals surface area contributed by atoms with Crippen molar-refractivity contribution in [2.24, 2.45) is 0 Å². The van der Waals surface area contributed by atoms with Crippen molar-refractivity contribution >= 4 is 17.5 Å². The molecule has 7 heteroatoms. The lowest BCUT2D eigenvalue weighted by molar-refractivity contribution is 0.0943. The zero-order valence-corrected chi connectivity index (χ0v) is 17.4. The molecule has 0 fully saturated rings. The third-order valence-electron chi connectivity index (χ3n) is 5.53. The molecule has 2 N–H and O–H groups in total. The van der Waals surface area contributed by atoms with Crippen LogP contribution in [-0.4, -0.2) is 21.6 Å². The predicted molar refractivity (Wildman–Crippen MR) is 120 cm³/mol. The summed E-state index contributed by atoms with van der Waals surface area (Å²) in [5, 5.41) is 10.4. The highest BCUT2D eigenvalue weighted by Crippen LogP contribution is 2.27. The van der Waals surface area contributed by atoms with Gasteiger partial charge in [-0.1, -0.05) is 30.3 Å². The highest BCUT2D eigenvalue weighted by Gasteiger charge is 2.26. The Morgan fingerprint density at radius 3 is 2.66 bits per heavy atom. The molecule has 2 aromatic carbocycles. The molecule has 1 aliphatic rings. The van der Waals surface area contributed by atoms with Crippen molar-refractivity contribution < 1.29 is 14.0 Å². The monoisotopic (exact) mass is 426 g/mol. The van der Waals surface area contributed by atoms with E-state index in [0.29, 0.717) is 17.9 Å². The largest absolute Gasteiger partial charge is 0.459 e. The van der Waals surface area contributed by atoms with E-state index >= 15 is 0 Å². The Morgan fingerprint density at radius 1 is 0.969 bits per heavy atom. The average molecular weight is 426 g/mol. The molecule has 5 rings (SSSR count). The van der Waals surface area contributed by atoms with Gasteiger partial charge in [-0.25, -0.2) is 4.68 Å². The fraction of sp³-hybridized carbons (Fsp3) is 0.160. The Kier molecular flexibility index (Phi) is 5.29. The second-order valence-corrected chi connectivity index (χ2v) is 7.69. The zero-order chi connectivity index (χ0) is 21.9. The molecule has 2 amide bonds. The number of amides is 2. The summed E-state index contributed by atoms with van der Waals surface area (Å²) < 4.78 is 7.01. The van der Waals surface area contributed by atoms with Crippen LogP contribution in [0.2, 0.25) is 0 Å². The van der Waals surface area contributed by atoms with Crippen LogP contribution in [0.5, 0.6) is 0 Å². The molecule has 0 atom stereocenters. The van der Waals surface area contributed by atoms with E-state index in [1.165, 1.54) is 6.26 Å². The Balaban J connectivity index is 1.29. The van der Waals surface area contributed by atoms with Crippen LogP contribution in [0, 0.1) is 0 Å². The second kappa shape index (κ2) is 8.55. The van der Waals surface area contributed by atoms with Crippen LogP contribution in [0.3, 0.4) is 0 Å². The van der Waals surface area contributed by atoms with E-state index in [1.54, 1.807) is 18.2 Å². The molecule has 160 valence electrons. The van der Waals surface area contributed by atoms with E-state index in [4.69, 9.17) is 4.42 Å². The lowest BCUT2D eigenvalue weighted by Gasteiger charge is -2.08. The molecule has 2 heterocycles. The van der Waals surface area contributed by atoms with Crippen LogP contribution in [0.4, 0.5) is 5.69 Å². The summed E-state index contributed by atoms with van der Waals surface area (Å²) in [5.41, 5.74) is 5.10. The van der Waals surface area contributed by atoms with Gasteiger partial charge in [0, 0.05) is 23.5 Å². The number of anilines is 1. The predicted octanol–water partition coefficient (Wildman–Crippen LogP) is 4.14. The van der Waals surface area contributed by atoms with Gasteiger partial charge >= 0.3 is 0 Å². The standard InChI is InChI=1S/C25H22N4O3/c30-24(22-13-6-14-32-22)27-18-8-4-7-17(15-18)16-26-25(31)23-20-11-5-12-21(20)29(28-23)19-9-2-1-3-10-19/h1-4,6-10,13-15H,5,11-12,16H2,(H,26,31)(H,27,30). The lowest BCUT2D eigenvalue weighted by Crippen LogP contribution is -2.24. The summed E-state index contributed by atoms with van der Waals surface area (Å²) in [4.78, 5) is 25.2. The van der Waals surface area contributed by atoms with Crippen LogP contribution in [0.1, 0.15) is 44.3 Å². The number of aromatic nitrogens is 2. The van der Waals surface area contributed by atoms with Crippen LogP contribution in [0.25, 0.3) is 5.69 Å². The number of hydrogen-bond acceptors (Lipinski definition) is 4. The first-order valence-electron chi connectivity index (χ1n) is 10.6. The Morgan fingerprint density at radius 2 is 1.84 bits per heavy atom. The van der Waals surface area contributed by atoms with Crippen LogP contribution in [-0.2, 0) is 19.4 Å². The van der Waals surface area contributed by atoms with Crippen molar-refractivity contribution in [3.63, 3.8) is 0 Å². The topological polar surface area (TPSA) is 89.2 Å². The average Bonchev–Trinajstić information content (AvgIpc) is 3.57. The number of fused-ring (bicyclic) bond motifs is 1. The van der Waals surface area contributed by atoms with E-state index in [2.05, 4.69) is 15.7 Å². The maximum atomic E-state index is 13.0. The summed E-state index contributed by atoms with van der Waals surface area (Å²) in [6.07, 6.45) is 4.26. The minimum absolute atomic E-state index is 0.192. The van der Waals surface area contributed by atoms with Gasteiger partial charge in [-0.3, -0.25) is 9.59 Å². The maximum absolute atomic E-state index is 13.0. The van der Waals surface area contributed by atoms with E-state index in [9.17, 15) is 9.59 Å². The minimum atomic E-state index is -0.321. The first-order chi connectivity index (χ1) is 15.7. The fourth-order valence-electron chi connectivity index (χ4n) is 4.03. The molecule has 2 aromatic heterocycles. The van der Waals surface area contributed by atoms with Crippen LogP contribution in [0.15, 0.2) is 77.4 Å². The van der Waals surface area contributed by atoms with Crippen molar-refractivity contribution in [1.82, 2.24) is 15.1 Å². The molecule has 0 bridgehead atoms. The molecule has 0 saturated heterocycles. The fourth-order valence-corrected chi connectivity index (χ4v) is 4.03. The smallest absolute Gasteiger partial charge is 0.291 e. The van der Waals surface area contributed by atoms with Gasteiger partial charge in [-0.05, 0) is 61.2 Å². The SMILES string of the molecule is O=C(Nc1cccc(CNC(=O)c2nn(-c3ccccc3)c3c2CCC3)c1)c1ccco1. The minimum Gasteiger partial charge on any atom is -0.459 e. The van der Waals surface area contributed by atoms with Crippen molar-refractivity contribution in [2.75, 3.05) is 5.32 Å². The third-order valence-corrected chi connectivity index (χ3v) is 5.53. The summed E-state index contributed by atoms with van der Waals surface area (Å²) in [7, 11) is 0. The molecule has 1 aliphatic carbocycles. The molecular weight excluding hydrogens is 404 g/mol. The first kappa shape index (κ1) is 19.8. The summed E-state index contributed by atoms with van der Waals surface area (Å²) in [6, 6.07) is 20.5. The maximum Gasteiger partial charge on any atom is 0.291 e. The Hall–Kier alpha value is -4.13. The highest BCUT2D eigenvalue weighted by molar-refractivity contribution is 6.02. The van der Waals surface area contributed by atoms with Crippen molar-refractivity contribution in [3.05, 3.63) is 101 Å². The molecule has 0 radical (unpaired) electrons. The summed E-state index contributed by atoms with van der Waals surface area (Å²) in [5.74, 6) is -0.271. The molecule has 0 aliphatic heterocycles. The molecule has 0 unspecified atom stereocenters. The number of nitrogens with one attached hydrogen (secondary N) is 2. The van der Waals surface area contributed by atoms with Gasteiger partial charge in [0.25, 0.3) is 11.8 Å². The first-order valence-corrected chi connectivity index (χ1v) is 10.6. The number of carbonyl (C=O) groups is 2. The number of furan rings is 1. The van der Waals surface area contributed by atoms with E-state index in [0.717, 1.165) is 41.8 Å². The number of nitrogens with zero attached hydrogens (tertiary/aromatic N) is 2. The quantitative estimate of drug-likeness (QED) is 0.485. The van der Waals surface area contributed by atoms with Gasteiger partial charge < -0.3 is 15.1 Å². The van der Waals surface area contributed by atoms with Gasteiger partial charge in [-0.15, -0.1) is 0 Å². The lowest BCUT2D eigenvalue weighted by atomic mass is 10.1. The van der Waals surface area contributed by atoms with Gasteiger partial charge in [0.05, 0.1) is 12.0 Å². The normalized spacial score (nSPS) is 12.4. The van der Waals surface area contributed by atoms with E-state index in [1.807, 2.05) is 53.2 Å². The highest BCUT2D eigenvalue weighted by atomic mass is 16.3. The molecule has 32 heavy (non-hydrogen) atoms. The van der Waals surface area contributed by atoms with Crippen LogP contribution < -0.4 is 10.6 Å². The second-order valence-electron chi connectivity index (χ2n) is 7.69. The van der Waals surface area contributed by atoms with Gasteiger partial charge in [0.15, 0.2) is 11.5 Å². The number of benzene rings is 2. The van der Waals surface area contributed by atoms with E-state index < -0.39 is 0 Å². The molecule has 0 saturated carbocycles. The van der Waals surface area contributed by atoms with Crippen molar-refractivity contribution in [1.29, 1.82) is 0 Å². The van der Waals surface area contributed by atoms with Crippen molar-refractivity contribution in [2.45, 2.75) is 25.8 Å². The Labute approximate surface area is 185 Å². The number of hydrogen-bond donors (Lipinski definition) is 2. The van der Waals surface area contributed by atoms with Gasteiger partial charge in [0.2, 0.25) is 0 Å². The zero-order valence-electron chi connectivity index (χ0n) is 17.4. The molecule has 4 aromatic rings. The number of carbonyl (C=O) groups excluding carboxylic acids is 2. The van der Waals surface area contributed by atoms with Crippen molar-refractivity contribution in [3.8, 4) is 5.69 Å². The number of rotatable bonds is 6. The van der Waals surface area contributed by atoms with Crippen LogP contribution >= 0.6 is 0 Å². The molecule has 7 nitrogen and oxygen atoms in total.